The molecule has 1 fully saturated rings. The topological polar surface area (TPSA) is 54.5 Å². The Kier molecular flexibility index (Phi) is 4.54. The highest BCUT2D eigenvalue weighted by molar-refractivity contribution is 7.89. The SMILES string of the molecule is Cc1cc(C)c(C)c(S(=O)(=O)N2CCC(C=O)CC2)c1C. The number of rotatable bonds is 3. The number of hydrogen-bond acceptors (Lipinski definition) is 3. The van der Waals surface area contributed by atoms with Crippen molar-refractivity contribution in [2.45, 2.75) is 45.4 Å². The van der Waals surface area contributed by atoms with E-state index in [9.17, 15) is 13.2 Å². The molecule has 4 nitrogen and oxygen atoms in total. The maximum atomic E-state index is 13.0. The van der Waals surface area contributed by atoms with Crippen molar-refractivity contribution in [2.75, 3.05) is 13.1 Å². The lowest BCUT2D eigenvalue weighted by Crippen LogP contribution is -2.39. The average molecular weight is 309 g/mol. The third-order valence-corrected chi connectivity index (χ3v) is 6.76. The van der Waals surface area contributed by atoms with Crippen LogP contribution < -0.4 is 0 Å². The summed E-state index contributed by atoms with van der Waals surface area (Å²) in [6.45, 7) is 8.48. The lowest BCUT2D eigenvalue weighted by molar-refractivity contribution is -0.112. The number of carbonyl (C=O) groups excluding carboxylic acids is 1. The molecule has 0 amide bonds. The monoisotopic (exact) mass is 309 g/mol. The molecule has 0 aliphatic carbocycles. The van der Waals surface area contributed by atoms with Crippen LogP contribution in [-0.2, 0) is 14.8 Å². The van der Waals surface area contributed by atoms with Crippen LogP contribution in [0, 0.1) is 33.6 Å². The maximum Gasteiger partial charge on any atom is 0.243 e. The Morgan fingerprint density at radius 1 is 1.05 bits per heavy atom. The molecule has 1 aliphatic heterocycles. The molecule has 2 rings (SSSR count). The fraction of sp³-hybridized carbons (Fsp3) is 0.562. The smallest absolute Gasteiger partial charge is 0.243 e. The summed E-state index contributed by atoms with van der Waals surface area (Å²) in [5.41, 5.74) is 3.66. The van der Waals surface area contributed by atoms with Crippen LogP contribution in [0.4, 0.5) is 0 Å². The Morgan fingerprint density at radius 3 is 1.95 bits per heavy atom. The van der Waals surface area contributed by atoms with Gasteiger partial charge in [0, 0.05) is 19.0 Å². The van der Waals surface area contributed by atoms with Gasteiger partial charge in [-0.05, 0) is 62.8 Å². The molecular weight excluding hydrogens is 286 g/mol. The van der Waals surface area contributed by atoms with Crippen molar-refractivity contribution in [3.05, 3.63) is 28.3 Å². The number of sulfonamides is 1. The minimum Gasteiger partial charge on any atom is -0.303 e. The van der Waals surface area contributed by atoms with Gasteiger partial charge in [0.1, 0.15) is 6.29 Å². The van der Waals surface area contributed by atoms with Gasteiger partial charge in [-0.1, -0.05) is 6.07 Å². The molecule has 5 heteroatoms. The maximum absolute atomic E-state index is 13.0. The van der Waals surface area contributed by atoms with Crippen molar-refractivity contribution in [3.63, 3.8) is 0 Å². The van der Waals surface area contributed by atoms with E-state index in [-0.39, 0.29) is 5.92 Å². The predicted molar refractivity (Wildman–Crippen MR) is 82.9 cm³/mol. The molecule has 0 radical (unpaired) electrons. The van der Waals surface area contributed by atoms with Crippen LogP contribution in [0.25, 0.3) is 0 Å². The molecule has 116 valence electrons. The van der Waals surface area contributed by atoms with Crippen molar-refractivity contribution in [2.24, 2.45) is 5.92 Å². The Morgan fingerprint density at radius 2 is 1.52 bits per heavy atom. The summed E-state index contributed by atoms with van der Waals surface area (Å²) in [6.07, 6.45) is 2.18. The molecule has 0 unspecified atom stereocenters. The number of nitrogens with zero attached hydrogens (tertiary/aromatic N) is 1. The molecule has 1 aromatic carbocycles. The van der Waals surface area contributed by atoms with Gasteiger partial charge in [0.2, 0.25) is 10.0 Å². The Labute approximate surface area is 127 Å². The lowest BCUT2D eigenvalue weighted by atomic mass is 10.0. The fourth-order valence-corrected chi connectivity index (χ4v) is 4.99. The van der Waals surface area contributed by atoms with Gasteiger partial charge in [0.25, 0.3) is 0 Å². The van der Waals surface area contributed by atoms with E-state index in [1.165, 1.54) is 4.31 Å². The number of aldehydes is 1. The Bertz CT molecular complexity index is 630. The van der Waals surface area contributed by atoms with Crippen LogP contribution in [0.15, 0.2) is 11.0 Å². The molecule has 0 spiro atoms. The molecular formula is C16H23NO3S. The van der Waals surface area contributed by atoms with E-state index in [1.807, 2.05) is 33.8 Å². The van der Waals surface area contributed by atoms with E-state index in [0.29, 0.717) is 30.8 Å². The summed E-state index contributed by atoms with van der Waals surface area (Å²) in [6, 6.07) is 2.03. The molecule has 1 aliphatic rings. The van der Waals surface area contributed by atoms with Gasteiger partial charge in [-0.25, -0.2) is 8.42 Å². The molecule has 0 N–H and O–H groups in total. The van der Waals surface area contributed by atoms with E-state index < -0.39 is 10.0 Å². The molecule has 0 saturated carbocycles. The second kappa shape index (κ2) is 5.89. The van der Waals surface area contributed by atoms with E-state index in [2.05, 4.69) is 0 Å². The largest absolute Gasteiger partial charge is 0.303 e. The second-order valence-corrected chi connectivity index (χ2v) is 7.84. The van der Waals surface area contributed by atoms with Gasteiger partial charge in [0.05, 0.1) is 4.90 Å². The summed E-state index contributed by atoms with van der Waals surface area (Å²) in [7, 11) is -3.48. The molecule has 0 aromatic heterocycles. The highest BCUT2D eigenvalue weighted by atomic mass is 32.2. The first-order valence-electron chi connectivity index (χ1n) is 7.32. The van der Waals surface area contributed by atoms with Crippen LogP contribution in [0.5, 0.6) is 0 Å². The van der Waals surface area contributed by atoms with Gasteiger partial charge in [-0.15, -0.1) is 0 Å². The van der Waals surface area contributed by atoms with Crippen molar-refractivity contribution in [1.29, 1.82) is 0 Å². The Hall–Kier alpha value is -1.20. The quantitative estimate of drug-likeness (QED) is 0.806. The van der Waals surface area contributed by atoms with Gasteiger partial charge >= 0.3 is 0 Å². The van der Waals surface area contributed by atoms with Crippen LogP contribution in [0.3, 0.4) is 0 Å². The van der Waals surface area contributed by atoms with E-state index in [4.69, 9.17) is 0 Å². The third kappa shape index (κ3) is 2.90. The summed E-state index contributed by atoms with van der Waals surface area (Å²) in [5, 5.41) is 0. The molecule has 21 heavy (non-hydrogen) atoms. The van der Waals surface area contributed by atoms with Gasteiger partial charge < -0.3 is 4.79 Å². The molecule has 1 heterocycles. The van der Waals surface area contributed by atoms with Crippen LogP contribution in [0.2, 0.25) is 0 Å². The average Bonchev–Trinajstić information content (AvgIpc) is 2.45. The highest BCUT2D eigenvalue weighted by Crippen LogP contribution is 2.30. The lowest BCUT2D eigenvalue weighted by Gasteiger charge is -2.30. The third-order valence-electron chi connectivity index (χ3n) is 4.59. The first-order chi connectivity index (χ1) is 9.78. The second-order valence-electron chi connectivity index (χ2n) is 5.97. The van der Waals surface area contributed by atoms with Crippen LogP contribution >= 0.6 is 0 Å². The van der Waals surface area contributed by atoms with E-state index >= 15 is 0 Å². The number of benzene rings is 1. The molecule has 0 atom stereocenters. The van der Waals surface area contributed by atoms with Crippen molar-refractivity contribution >= 4 is 16.3 Å². The first-order valence-corrected chi connectivity index (χ1v) is 8.76. The summed E-state index contributed by atoms with van der Waals surface area (Å²) >= 11 is 0. The number of aryl methyl sites for hydroxylation is 2. The number of piperidine rings is 1. The molecule has 0 bridgehead atoms. The van der Waals surface area contributed by atoms with Crippen LogP contribution in [-0.4, -0.2) is 32.1 Å². The highest BCUT2D eigenvalue weighted by Gasteiger charge is 2.32. The normalized spacial score (nSPS) is 17.9. The summed E-state index contributed by atoms with van der Waals surface area (Å²) in [5.74, 6) is -0.00195. The van der Waals surface area contributed by atoms with E-state index in [1.54, 1.807) is 0 Å². The minimum absolute atomic E-state index is 0.00195. The number of hydrogen-bond donors (Lipinski definition) is 0. The first kappa shape index (κ1) is 16.2. The standard InChI is InChI=1S/C16H23NO3S/c1-11-9-12(2)14(4)16(13(11)3)21(19,20)17-7-5-15(10-18)6-8-17/h9-10,15H,5-8H2,1-4H3. The molecule has 1 saturated heterocycles. The molecule has 1 aromatic rings. The van der Waals surface area contributed by atoms with Crippen molar-refractivity contribution in [1.82, 2.24) is 4.31 Å². The summed E-state index contributed by atoms with van der Waals surface area (Å²) in [4.78, 5) is 11.3. The summed E-state index contributed by atoms with van der Waals surface area (Å²) < 4.78 is 27.5. The van der Waals surface area contributed by atoms with Gasteiger partial charge in [0.15, 0.2) is 0 Å². The van der Waals surface area contributed by atoms with Gasteiger partial charge in [-0.2, -0.15) is 4.31 Å². The van der Waals surface area contributed by atoms with Crippen molar-refractivity contribution < 1.29 is 13.2 Å². The van der Waals surface area contributed by atoms with Crippen molar-refractivity contribution in [3.8, 4) is 0 Å². The zero-order chi connectivity index (χ0) is 15.8. The zero-order valence-corrected chi connectivity index (χ0v) is 14.0. The minimum atomic E-state index is -3.48. The zero-order valence-electron chi connectivity index (χ0n) is 13.1. The van der Waals surface area contributed by atoms with Gasteiger partial charge in [-0.3, -0.25) is 0 Å². The van der Waals surface area contributed by atoms with E-state index in [0.717, 1.165) is 28.5 Å². The number of carbonyl (C=O) groups is 1. The predicted octanol–water partition coefficient (Wildman–Crippen LogP) is 2.52. The fourth-order valence-electron chi connectivity index (χ4n) is 2.95. The Balaban J connectivity index is 2.44. The van der Waals surface area contributed by atoms with Crippen LogP contribution in [0.1, 0.15) is 35.1 Å².